The van der Waals surface area contributed by atoms with Crippen LogP contribution in [-0.2, 0) is 21.4 Å². The summed E-state index contributed by atoms with van der Waals surface area (Å²) in [6, 6.07) is 8.53. The summed E-state index contributed by atoms with van der Waals surface area (Å²) in [6.07, 6.45) is 1.39. The first-order chi connectivity index (χ1) is 11.6. The second kappa shape index (κ2) is 7.56. The van der Waals surface area contributed by atoms with Crippen molar-refractivity contribution in [2.75, 3.05) is 26.2 Å². The number of benzene rings is 1. The molecule has 2 N–H and O–H groups in total. The van der Waals surface area contributed by atoms with Crippen LogP contribution in [0.1, 0.15) is 45.2 Å². The number of carboxylic acids is 1. The third kappa shape index (κ3) is 5.30. The number of carboxylic acid groups (broad SMARTS) is 1. The maximum atomic E-state index is 12.1. The lowest BCUT2D eigenvalue weighted by atomic mass is 9.86. The fourth-order valence-electron chi connectivity index (χ4n) is 3.14. The monoisotopic (exact) mass is 346 g/mol. The number of carbonyl (C=O) groups is 2. The number of nitrogens with one attached hydrogen (secondary N) is 1. The average Bonchev–Trinajstić information content (AvgIpc) is 2.89. The lowest BCUT2D eigenvalue weighted by Crippen LogP contribution is -2.39. The van der Waals surface area contributed by atoms with Gasteiger partial charge in [-0.05, 0) is 42.9 Å². The quantitative estimate of drug-likeness (QED) is 0.830. The van der Waals surface area contributed by atoms with Gasteiger partial charge in [0.05, 0.1) is 12.0 Å². The summed E-state index contributed by atoms with van der Waals surface area (Å²) >= 11 is 0. The molecule has 1 saturated heterocycles. The highest BCUT2D eigenvalue weighted by molar-refractivity contribution is 5.79. The van der Waals surface area contributed by atoms with Crippen LogP contribution < -0.4 is 5.32 Å². The molecule has 0 spiro atoms. The maximum absolute atomic E-state index is 12.1. The standard InChI is InChI=1S/C20H30N2O3/c1-19(2,3)16-7-5-15(6-8-16)9-11-21-17(23)13-22-12-10-20(4,14-22)18(24)25/h5-8H,9-14H2,1-4H3,(H,21,23)(H,24,25). The SMILES string of the molecule is CC1(C(=O)O)CCN(CC(=O)NCCc2ccc(C(C)(C)C)cc2)C1. The van der Waals surface area contributed by atoms with Crippen molar-refractivity contribution in [2.45, 2.75) is 46.0 Å². The fourth-order valence-corrected chi connectivity index (χ4v) is 3.14. The molecule has 1 unspecified atom stereocenters. The summed E-state index contributed by atoms with van der Waals surface area (Å²) < 4.78 is 0. The Morgan fingerprint density at radius 3 is 2.40 bits per heavy atom. The normalized spacial score (nSPS) is 21.3. The van der Waals surface area contributed by atoms with E-state index < -0.39 is 11.4 Å². The number of aliphatic carboxylic acids is 1. The largest absolute Gasteiger partial charge is 0.481 e. The van der Waals surface area contributed by atoms with Crippen LogP contribution in [-0.4, -0.2) is 48.1 Å². The van der Waals surface area contributed by atoms with Crippen LogP contribution in [0, 0.1) is 5.41 Å². The van der Waals surface area contributed by atoms with Crippen LogP contribution in [0.2, 0.25) is 0 Å². The van der Waals surface area contributed by atoms with Crippen molar-refractivity contribution < 1.29 is 14.7 Å². The van der Waals surface area contributed by atoms with E-state index in [0.717, 1.165) is 6.42 Å². The number of carbonyl (C=O) groups excluding carboxylic acids is 1. The van der Waals surface area contributed by atoms with Crippen molar-refractivity contribution in [1.29, 1.82) is 0 Å². The Kier molecular flexibility index (Phi) is 5.88. The first-order valence-electron chi connectivity index (χ1n) is 8.92. The lowest BCUT2D eigenvalue weighted by Gasteiger charge is -2.20. The van der Waals surface area contributed by atoms with E-state index in [1.165, 1.54) is 11.1 Å². The molecular formula is C20H30N2O3. The Morgan fingerprint density at radius 1 is 1.24 bits per heavy atom. The summed E-state index contributed by atoms with van der Waals surface area (Å²) in [7, 11) is 0. The zero-order valence-corrected chi connectivity index (χ0v) is 15.8. The molecule has 5 nitrogen and oxygen atoms in total. The number of nitrogens with zero attached hydrogens (tertiary/aromatic N) is 1. The molecule has 0 radical (unpaired) electrons. The van der Waals surface area contributed by atoms with Crippen molar-refractivity contribution in [3.05, 3.63) is 35.4 Å². The minimum atomic E-state index is -0.783. The van der Waals surface area contributed by atoms with Crippen LogP contribution in [0.15, 0.2) is 24.3 Å². The zero-order chi connectivity index (χ0) is 18.7. The Balaban J connectivity index is 1.73. The van der Waals surface area contributed by atoms with E-state index in [2.05, 4.69) is 50.4 Å². The number of hydrogen-bond acceptors (Lipinski definition) is 3. The summed E-state index contributed by atoms with van der Waals surface area (Å²) in [5.41, 5.74) is 1.92. The van der Waals surface area contributed by atoms with Gasteiger partial charge in [-0.2, -0.15) is 0 Å². The molecule has 2 rings (SSSR count). The molecule has 1 aromatic carbocycles. The first kappa shape index (κ1) is 19.4. The fraction of sp³-hybridized carbons (Fsp3) is 0.600. The van der Waals surface area contributed by atoms with E-state index in [0.29, 0.717) is 26.1 Å². The summed E-state index contributed by atoms with van der Waals surface area (Å²) in [6.45, 7) is 10.3. The maximum Gasteiger partial charge on any atom is 0.310 e. The van der Waals surface area contributed by atoms with Gasteiger partial charge in [0, 0.05) is 13.1 Å². The predicted molar refractivity (Wildman–Crippen MR) is 98.7 cm³/mol. The van der Waals surface area contributed by atoms with Gasteiger partial charge in [0.2, 0.25) is 5.91 Å². The molecule has 0 saturated carbocycles. The van der Waals surface area contributed by atoms with Crippen molar-refractivity contribution >= 4 is 11.9 Å². The Morgan fingerprint density at radius 2 is 1.88 bits per heavy atom. The molecule has 5 heteroatoms. The molecule has 1 amide bonds. The van der Waals surface area contributed by atoms with E-state index in [-0.39, 0.29) is 17.9 Å². The van der Waals surface area contributed by atoms with Crippen LogP contribution in [0.25, 0.3) is 0 Å². The molecule has 1 aliphatic heterocycles. The highest BCUT2D eigenvalue weighted by Gasteiger charge is 2.40. The highest BCUT2D eigenvalue weighted by Crippen LogP contribution is 2.29. The average molecular weight is 346 g/mol. The summed E-state index contributed by atoms with van der Waals surface area (Å²) in [5.74, 6) is -0.824. The topological polar surface area (TPSA) is 69.6 Å². The number of hydrogen-bond donors (Lipinski definition) is 2. The van der Waals surface area contributed by atoms with Crippen LogP contribution in [0.3, 0.4) is 0 Å². The van der Waals surface area contributed by atoms with E-state index in [4.69, 9.17) is 0 Å². The molecule has 1 heterocycles. The third-order valence-electron chi connectivity index (χ3n) is 4.99. The molecule has 1 aliphatic rings. The lowest BCUT2D eigenvalue weighted by molar-refractivity contribution is -0.147. The molecule has 138 valence electrons. The number of amides is 1. The number of likely N-dealkylation sites (tertiary alicyclic amines) is 1. The van der Waals surface area contributed by atoms with Gasteiger partial charge in [0.1, 0.15) is 0 Å². The third-order valence-corrected chi connectivity index (χ3v) is 4.99. The second-order valence-electron chi connectivity index (χ2n) is 8.37. The second-order valence-corrected chi connectivity index (χ2v) is 8.37. The molecule has 25 heavy (non-hydrogen) atoms. The Hall–Kier alpha value is -1.88. The smallest absolute Gasteiger partial charge is 0.310 e. The molecular weight excluding hydrogens is 316 g/mol. The van der Waals surface area contributed by atoms with Gasteiger partial charge >= 0.3 is 5.97 Å². The van der Waals surface area contributed by atoms with Crippen molar-refractivity contribution in [1.82, 2.24) is 10.2 Å². The van der Waals surface area contributed by atoms with Crippen LogP contribution in [0.4, 0.5) is 0 Å². The van der Waals surface area contributed by atoms with E-state index >= 15 is 0 Å². The molecule has 0 bridgehead atoms. The van der Waals surface area contributed by atoms with Gasteiger partial charge in [-0.15, -0.1) is 0 Å². The van der Waals surface area contributed by atoms with Gasteiger partial charge < -0.3 is 10.4 Å². The summed E-state index contributed by atoms with van der Waals surface area (Å²) in [4.78, 5) is 25.2. The Bertz CT molecular complexity index is 619. The van der Waals surface area contributed by atoms with Gasteiger partial charge in [-0.1, -0.05) is 45.0 Å². The van der Waals surface area contributed by atoms with E-state index in [9.17, 15) is 14.7 Å². The van der Waals surface area contributed by atoms with Crippen LogP contribution >= 0.6 is 0 Å². The van der Waals surface area contributed by atoms with Crippen molar-refractivity contribution in [3.63, 3.8) is 0 Å². The van der Waals surface area contributed by atoms with Crippen molar-refractivity contribution in [2.24, 2.45) is 5.41 Å². The summed E-state index contributed by atoms with van der Waals surface area (Å²) in [5, 5.41) is 12.2. The van der Waals surface area contributed by atoms with E-state index in [1.807, 2.05) is 4.90 Å². The minimum Gasteiger partial charge on any atom is -0.481 e. The molecule has 1 aromatic rings. The molecule has 1 fully saturated rings. The first-order valence-corrected chi connectivity index (χ1v) is 8.92. The Labute approximate surface area is 150 Å². The van der Waals surface area contributed by atoms with Gasteiger partial charge in [0.15, 0.2) is 0 Å². The van der Waals surface area contributed by atoms with E-state index in [1.54, 1.807) is 6.92 Å². The zero-order valence-electron chi connectivity index (χ0n) is 15.8. The van der Waals surface area contributed by atoms with Gasteiger partial charge in [-0.25, -0.2) is 0 Å². The van der Waals surface area contributed by atoms with Crippen LogP contribution in [0.5, 0.6) is 0 Å². The minimum absolute atomic E-state index is 0.0408. The predicted octanol–water partition coefficient (Wildman–Crippen LogP) is 2.44. The molecule has 0 aliphatic carbocycles. The molecule has 1 atom stereocenters. The van der Waals surface area contributed by atoms with Crippen molar-refractivity contribution in [3.8, 4) is 0 Å². The number of rotatable bonds is 6. The highest BCUT2D eigenvalue weighted by atomic mass is 16.4. The molecule has 0 aromatic heterocycles. The van der Waals surface area contributed by atoms with Gasteiger partial charge in [0.25, 0.3) is 0 Å². The van der Waals surface area contributed by atoms with Gasteiger partial charge in [-0.3, -0.25) is 14.5 Å².